The van der Waals surface area contributed by atoms with Gasteiger partial charge in [-0.25, -0.2) is 0 Å². The standard InChI is InChI=1S/C20H26BrN3O/c1-4-24(5-2)20(25)12-9-14-13-7-6-8-16-18(13)15(19(21)22-16)10-17(14)23(3)11-12/h7,9,12,17,22H,4-6,8,10-11H2,1-3H3. The van der Waals surface area contributed by atoms with Crippen LogP contribution in [0.3, 0.4) is 0 Å². The molecular weight excluding hydrogens is 378 g/mol. The lowest BCUT2D eigenvalue weighted by molar-refractivity contribution is -0.134. The van der Waals surface area contributed by atoms with Crippen LogP contribution in [-0.4, -0.2) is 53.4 Å². The average molecular weight is 404 g/mol. The van der Waals surface area contributed by atoms with E-state index in [1.54, 1.807) is 0 Å². The van der Waals surface area contributed by atoms with E-state index in [0.29, 0.717) is 6.04 Å². The first kappa shape index (κ1) is 17.1. The monoisotopic (exact) mass is 403 g/mol. The highest BCUT2D eigenvalue weighted by molar-refractivity contribution is 9.10. The zero-order valence-corrected chi connectivity index (χ0v) is 16.8. The number of nitrogens with zero attached hydrogens (tertiary/aromatic N) is 2. The van der Waals surface area contributed by atoms with Crippen LogP contribution in [0.2, 0.25) is 0 Å². The largest absolute Gasteiger partial charge is 0.352 e. The number of aromatic amines is 1. The number of likely N-dealkylation sites (N-methyl/N-ethyl adjacent to an activating group) is 1. The third-order valence-corrected chi connectivity index (χ3v) is 6.68. The summed E-state index contributed by atoms with van der Waals surface area (Å²) in [6.45, 7) is 6.49. The van der Waals surface area contributed by atoms with Crippen LogP contribution in [0.1, 0.15) is 37.1 Å². The normalized spacial score (nSPS) is 25.0. The molecule has 1 aromatic rings. The van der Waals surface area contributed by atoms with Crippen molar-refractivity contribution in [3.05, 3.63) is 39.1 Å². The summed E-state index contributed by atoms with van der Waals surface area (Å²) in [6.07, 6.45) is 7.81. The summed E-state index contributed by atoms with van der Waals surface area (Å²) in [6, 6.07) is 0.373. The predicted molar refractivity (Wildman–Crippen MR) is 104 cm³/mol. The van der Waals surface area contributed by atoms with E-state index in [-0.39, 0.29) is 11.8 Å². The molecule has 1 amide bonds. The number of carbonyl (C=O) groups is 1. The molecule has 3 aliphatic rings. The molecule has 0 saturated heterocycles. The quantitative estimate of drug-likeness (QED) is 0.839. The number of aryl methyl sites for hydroxylation is 1. The fourth-order valence-corrected chi connectivity index (χ4v) is 5.29. The molecule has 134 valence electrons. The van der Waals surface area contributed by atoms with E-state index in [9.17, 15) is 4.79 Å². The van der Waals surface area contributed by atoms with Crippen LogP contribution in [0.25, 0.3) is 5.57 Å². The van der Waals surface area contributed by atoms with Crippen LogP contribution in [0, 0.1) is 5.92 Å². The van der Waals surface area contributed by atoms with Crippen molar-refractivity contribution < 1.29 is 4.79 Å². The minimum atomic E-state index is -0.0358. The van der Waals surface area contributed by atoms with E-state index in [2.05, 4.69) is 58.9 Å². The number of aromatic nitrogens is 1. The Kier molecular flexibility index (Phi) is 4.40. The lowest BCUT2D eigenvalue weighted by Crippen LogP contribution is -2.48. The van der Waals surface area contributed by atoms with Gasteiger partial charge in [-0.2, -0.15) is 0 Å². The van der Waals surface area contributed by atoms with Gasteiger partial charge in [-0.05, 0) is 72.8 Å². The average Bonchev–Trinajstić information content (AvgIpc) is 2.93. The molecule has 0 aromatic carbocycles. The minimum absolute atomic E-state index is 0.0358. The van der Waals surface area contributed by atoms with Crippen LogP contribution in [-0.2, 0) is 17.6 Å². The summed E-state index contributed by atoms with van der Waals surface area (Å²) in [5.74, 6) is 0.229. The third kappa shape index (κ3) is 2.63. The Morgan fingerprint density at radius 2 is 2.16 bits per heavy atom. The van der Waals surface area contributed by atoms with Crippen molar-refractivity contribution >= 4 is 27.4 Å². The maximum atomic E-state index is 12.9. The van der Waals surface area contributed by atoms with E-state index in [1.807, 2.05) is 4.90 Å². The molecule has 1 N–H and O–H groups in total. The predicted octanol–water partition coefficient (Wildman–Crippen LogP) is 3.39. The Hall–Kier alpha value is -1.33. The van der Waals surface area contributed by atoms with Crippen LogP contribution in [0.4, 0.5) is 0 Å². The fourth-order valence-electron chi connectivity index (χ4n) is 4.69. The molecule has 1 aromatic heterocycles. The number of rotatable bonds is 3. The first-order valence-corrected chi connectivity index (χ1v) is 10.1. The maximum Gasteiger partial charge on any atom is 0.230 e. The number of hydrogen-bond acceptors (Lipinski definition) is 2. The van der Waals surface area contributed by atoms with Crippen molar-refractivity contribution in [1.82, 2.24) is 14.8 Å². The van der Waals surface area contributed by atoms with Gasteiger partial charge in [-0.3, -0.25) is 9.69 Å². The third-order valence-electron chi connectivity index (χ3n) is 6.00. The van der Waals surface area contributed by atoms with E-state index in [0.717, 1.165) is 43.5 Å². The van der Waals surface area contributed by atoms with Gasteiger partial charge in [-0.15, -0.1) is 0 Å². The molecule has 0 fully saturated rings. The number of halogens is 1. The van der Waals surface area contributed by atoms with E-state index in [4.69, 9.17) is 0 Å². The Balaban J connectivity index is 1.76. The zero-order valence-electron chi connectivity index (χ0n) is 15.2. The van der Waals surface area contributed by atoms with Gasteiger partial charge in [0.1, 0.15) is 0 Å². The van der Waals surface area contributed by atoms with Crippen molar-refractivity contribution in [2.24, 2.45) is 5.92 Å². The number of fused-ring (bicyclic) bond motifs is 2. The van der Waals surface area contributed by atoms with Crippen molar-refractivity contribution in [2.75, 3.05) is 26.7 Å². The molecule has 0 saturated carbocycles. The van der Waals surface area contributed by atoms with E-state index >= 15 is 0 Å². The van der Waals surface area contributed by atoms with Crippen molar-refractivity contribution in [3.8, 4) is 0 Å². The van der Waals surface area contributed by atoms with Crippen molar-refractivity contribution in [2.45, 2.75) is 39.2 Å². The summed E-state index contributed by atoms with van der Waals surface area (Å²) in [4.78, 5) is 20.8. The van der Waals surface area contributed by atoms with Crippen LogP contribution in [0.15, 0.2) is 22.3 Å². The molecule has 2 atom stereocenters. The second kappa shape index (κ2) is 6.44. The number of carbonyl (C=O) groups excluding carboxylic acids is 1. The van der Waals surface area contributed by atoms with Gasteiger partial charge in [0.2, 0.25) is 5.91 Å². The van der Waals surface area contributed by atoms with Gasteiger partial charge in [0.05, 0.1) is 10.5 Å². The van der Waals surface area contributed by atoms with E-state index < -0.39 is 0 Å². The molecule has 0 radical (unpaired) electrons. The topological polar surface area (TPSA) is 39.3 Å². The number of allylic oxidation sites excluding steroid dienone is 1. The highest BCUT2D eigenvalue weighted by atomic mass is 79.9. The number of H-pyrrole nitrogens is 1. The molecule has 0 spiro atoms. The molecule has 1 aliphatic heterocycles. The molecule has 2 aliphatic carbocycles. The Bertz CT molecular complexity index is 772. The molecular formula is C20H26BrN3O. The molecule has 2 unspecified atom stereocenters. The molecule has 25 heavy (non-hydrogen) atoms. The van der Waals surface area contributed by atoms with Gasteiger partial charge >= 0.3 is 0 Å². The summed E-state index contributed by atoms with van der Waals surface area (Å²) < 4.78 is 1.14. The Morgan fingerprint density at radius 1 is 1.40 bits per heavy atom. The maximum absolute atomic E-state index is 12.9. The fraction of sp³-hybridized carbons (Fsp3) is 0.550. The Labute approximate surface area is 158 Å². The smallest absolute Gasteiger partial charge is 0.230 e. The van der Waals surface area contributed by atoms with Gasteiger partial charge in [0.25, 0.3) is 0 Å². The first-order chi connectivity index (χ1) is 12.0. The summed E-state index contributed by atoms with van der Waals surface area (Å²) in [5.41, 5.74) is 6.87. The number of hydrogen-bond donors (Lipinski definition) is 1. The van der Waals surface area contributed by atoms with Crippen LogP contribution < -0.4 is 0 Å². The summed E-state index contributed by atoms with van der Waals surface area (Å²) in [5, 5.41) is 0. The lowest BCUT2D eigenvalue weighted by atomic mass is 9.75. The second-order valence-corrected chi connectivity index (χ2v) is 8.12. The molecule has 4 nitrogen and oxygen atoms in total. The number of nitrogens with one attached hydrogen (secondary N) is 1. The Morgan fingerprint density at radius 3 is 2.88 bits per heavy atom. The van der Waals surface area contributed by atoms with Gasteiger partial charge in [0, 0.05) is 36.9 Å². The van der Waals surface area contributed by atoms with Crippen LogP contribution >= 0.6 is 15.9 Å². The van der Waals surface area contributed by atoms with Crippen molar-refractivity contribution in [1.29, 1.82) is 0 Å². The summed E-state index contributed by atoms with van der Waals surface area (Å²) in [7, 11) is 2.16. The van der Waals surface area contributed by atoms with Gasteiger partial charge in [-0.1, -0.05) is 12.2 Å². The lowest BCUT2D eigenvalue weighted by Gasteiger charge is -2.42. The zero-order chi connectivity index (χ0) is 17.7. The highest BCUT2D eigenvalue weighted by Crippen LogP contribution is 2.46. The second-order valence-electron chi connectivity index (χ2n) is 7.33. The molecule has 0 bridgehead atoms. The van der Waals surface area contributed by atoms with Gasteiger partial charge < -0.3 is 9.88 Å². The molecule has 5 heteroatoms. The van der Waals surface area contributed by atoms with Gasteiger partial charge in [0.15, 0.2) is 0 Å². The SMILES string of the molecule is CCN(CC)C(=O)C1C=C2C3=CCCc4[nH]c(Br)c(c43)CC2N(C)C1. The highest BCUT2D eigenvalue weighted by Gasteiger charge is 2.39. The molecule has 2 heterocycles. The van der Waals surface area contributed by atoms with Crippen LogP contribution in [0.5, 0.6) is 0 Å². The van der Waals surface area contributed by atoms with E-state index in [1.165, 1.54) is 28.0 Å². The first-order valence-electron chi connectivity index (χ1n) is 9.35. The number of amides is 1. The molecule has 4 rings (SSSR count). The summed E-state index contributed by atoms with van der Waals surface area (Å²) >= 11 is 3.73. The van der Waals surface area contributed by atoms with Crippen molar-refractivity contribution in [3.63, 3.8) is 0 Å². The minimum Gasteiger partial charge on any atom is -0.352 e.